The number of halogens is 2. The highest BCUT2D eigenvalue weighted by atomic mass is 32.1. The van der Waals surface area contributed by atoms with E-state index in [-0.39, 0.29) is 16.4 Å². The molecule has 0 saturated carbocycles. The number of thiocarbonyl (C=S) groups is 1. The molecular formula is C18H20F2N6S. The molecule has 1 fully saturated rings. The van der Waals surface area contributed by atoms with Gasteiger partial charge in [0.25, 0.3) is 0 Å². The first-order valence-electron chi connectivity index (χ1n) is 8.46. The lowest BCUT2D eigenvalue weighted by atomic mass is 10.1. The van der Waals surface area contributed by atoms with Gasteiger partial charge in [-0.15, -0.1) is 0 Å². The highest BCUT2D eigenvalue weighted by Crippen LogP contribution is 2.24. The molecule has 2 aromatic rings. The predicted octanol–water partition coefficient (Wildman–Crippen LogP) is 1.85. The van der Waals surface area contributed by atoms with E-state index in [1.54, 1.807) is 12.4 Å². The van der Waals surface area contributed by atoms with Crippen molar-refractivity contribution in [2.24, 2.45) is 10.8 Å². The van der Waals surface area contributed by atoms with Gasteiger partial charge in [0, 0.05) is 56.7 Å². The third kappa shape index (κ3) is 5.18. The Hall–Kier alpha value is -2.65. The molecule has 1 aromatic heterocycles. The maximum atomic E-state index is 14.5. The van der Waals surface area contributed by atoms with Crippen LogP contribution in [0.25, 0.3) is 0 Å². The smallest absolute Gasteiger partial charge is 0.184 e. The number of hydrogen-bond donors (Lipinski definition) is 2. The summed E-state index contributed by atoms with van der Waals surface area (Å²) in [5.74, 6) is -1.05. The monoisotopic (exact) mass is 390 g/mol. The first kappa shape index (κ1) is 19.1. The third-order valence-electron chi connectivity index (χ3n) is 4.31. The second-order valence-corrected chi connectivity index (χ2v) is 6.62. The molecule has 0 spiro atoms. The van der Waals surface area contributed by atoms with Gasteiger partial charge in [0.05, 0.1) is 11.9 Å². The summed E-state index contributed by atoms with van der Waals surface area (Å²) >= 11 is 4.60. The van der Waals surface area contributed by atoms with Crippen molar-refractivity contribution in [3.63, 3.8) is 0 Å². The zero-order valence-electron chi connectivity index (χ0n) is 14.6. The normalized spacial score (nSPS) is 15.3. The summed E-state index contributed by atoms with van der Waals surface area (Å²) in [5.41, 5.74) is 9.01. The van der Waals surface area contributed by atoms with Gasteiger partial charge in [0.1, 0.15) is 11.6 Å². The summed E-state index contributed by atoms with van der Waals surface area (Å²) in [6.45, 7) is 3.60. The average molecular weight is 390 g/mol. The Labute approximate surface area is 161 Å². The first-order valence-corrected chi connectivity index (χ1v) is 8.87. The Bertz CT molecular complexity index is 822. The van der Waals surface area contributed by atoms with Crippen LogP contribution in [0.1, 0.15) is 11.1 Å². The second-order valence-electron chi connectivity index (χ2n) is 6.18. The molecule has 0 amide bonds. The first-order chi connectivity index (χ1) is 13.0. The molecule has 1 aromatic carbocycles. The van der Waals surface area contributed by atoms with Gasteiger partial charge in [-0.2, -0.15) is 5.10 Å². The van der Waals surface area contributed by atoms with Gasteiger partial charge in [0.15, 0.2) is 5.11 Å². The van der Waals surface area contributed by atoms with Crippen LogP contribution in [0.5, 0.6) is 0 Å². The zero-order valence-corrected chi connectivity index (χ0v) is 15.4. The molecule has 1 saturated heterocycles. The molecule has 3 N–H and O–H groups in total. The molecule has 0 bridgehead atoms. The molecule has 2 heterocycles. The van der Waals surface area contributed by atoms with Crippen LogP contribution in [-0.2, 0) is 6.54 Å². The van der Waals surface area contributed by atoms with E-state index in [1.807, 2.05) is 17.0 Å². The van der Waals surface area contributed by atoms with Gasteiger partial charge >= 0.3 is 0 Å². The quantitative estimate of drug-likeness (QED) is 0.461. The number of pyridine rings is 1. The summed E-state index contributed by atoms with van der Waals surface area (Å²) < 4.78 is 28.8. The number of piperazine rings is 1. The van der Waals surface area contributed by atoms with Gasteiger partial charge < -0.3 is 10.6 Å². The summed E-state index contributed by atoms with van der Waals surface area (Å²) in [6.07, 6.45) is 4.68. The standard InChI is InChI=1S/C18H20F2N6S/c19-15-10-17(16(20)9-14(15)11-23-24-18(21)27)26-7-5-25(6-8-26)12-13-1-3-22-4-2-13/h1-4,9-11H,5-8,12H2,(H3,21,24,27). The minimum absolute atomic E-state index is 0.0244. The molecule has 142 valence electrons. The van der Waals surface area contributed by atoms with E-state index in [0.717, 1.165) is 31.9 Å². The number of hydrazone groups is 1. The van der Waals surface area contributed by atoms with E-state index in [0.29, 0.717) is 13.1 Å². The van der Waals surface area contributed by atoms with Crippen LogP contribution in [0, 0.1) is 11.6 Å². The van der Waals surface area contributed by atoms with Crippen LogP contribution in [0.3, 0.4) is 0 Å². The number of anilines is 1. The maximum absolute atomic E-state index is 14.5. The van der Waals surface area contributed by atoms with Crippen molar-refractivity contribution < 1.29 is 8.78 Å². The van der Waals surface area contributed by atoms with Crippen LogP contribution in [-0.4, -0.2) is 47.4 Å². The topological polar surface area (TPSA) is 69.8 Å². The van der Waals surface area contributed by atoms with Crippen molar-refractivity contribution in [2.75, 3.05) is 31.1 Å². The van der Waals surface area contributed by atoms with Crippen molar-refractivity contribution >= 4 is 29.2 Å². The Morgan fingerprint density at radius 3 is 2.56 bits per heavy atom. The molecule has 0 radical (unpaired) electrons. The largest absolute Gasteiger partial charge is 0.375 e. The van der Waals surface area contributed by atoms with E-state index in [4.69, 9.17) is 5.73 Å². The number of benzene rings is 1. The highest BCUT2D eigenvalue weighted by molar-refractivity contribution is 7.80. The Morgan fingerprint density at radius 2 is 1.89 bits per heavy atom. The molecule has 6 nitrogen and oxygen atoms in total. The van der Waals surface area contributed by atoms with Crippen molar-refractivity contribution in [1.82, 2.24) is 15.3 Å². The fourth-order valence-electron chi connectivity index (χ4n) is 2.95. The zero-order chi connectivity index (χ0) is 19.2. The van der Waals surface area contributed by atoms with Crippen LogP contribution in [0.15, 0.2) is 41.8 Å². The average Bonchev–Trinajstić information content (AvgIpc) is 2.65. The number of rotatable bonds is 5. The second kappa shape index (κ2) is 8.83. The van der Waals surface area contributed by atoms with E-state index in [2.05, 4.69) is 32.6 Å². The Kier molecular flexibility index (Phi) is 6.25. The lowest BCUT2D eigenvalue weighted by Crippen LogP contribution is -2.46. The van der Waals surface area contributed by atoms with E-state index in [9.17, 15) is 8.78 Å². The van der Waals surface area contributed by atoms with Crippen LogP contribution < -0.4 is 16.1 Å². The van der Waals surface area contributed by atoms with Gasteiger partial charge in [-0.1, -0.05) is 0 Å². The van der Waals surface area contributed by atoms with Crippen molar-refractivity contribution in [3.05, 3.63) is 59.4 Å². The third-order valence-corrected chi connectivity index (χ3v) is 4.40. The fraction of sp³-hybridized carbons (Fsp3) is 0.278. The van der Waals surface area contributed by atoms with E-state index >= 15 is 0 Å². The van der Waals surface area contributed by atoms with Crippen molar-refractivity contribution in [2.45, 2.75) is 6.54 Å². The van der Waals surface area contributed by atoms with Gasteiger partial charge in [-0.3, -0.25) is 15.3 Å². The van der Waals surface area contributed by atoms with Crippen LogP contribution in [0.2, 0.25) is 0 Å². The highest BCUT2D eigenvalue weighted by Gasteiger charge is 2.21. The summed E-state index contributed by atoms with van der Waals surface area (Å²) in [4.78, 5) is 8.15. The Balaban J connectivity index is 1.63. The van der Waals surface area contributed by atoms with Crippen molar-refractivity contribution in [3.8, 4) is 0 Å². The number of hydrogen-bond acceptors (Lipinski definition) is 5. The summed E-state index contributed by atoms with van der Waals surface area (Å²) in [5, 5.41) is 3.61. The van der Waals surface area contributed by atoms with Crippen LogP contribution in [0.4, 0.5) is 14.5 Å². The minimum atomic E-state index is -0.556. The lowest BCUT2D eigenvalue weighted by molar-refractivity contribution is 0.249. The fourth-order valence-corrected chi connectivity index (χ4v) is 3.00. The van der Waals surface area contributed by atoms with Gasteiger partial charge in [0.2, 0.25) is 0 Å². The molecule has 9 heteroatoms. The molecule has 0 aliphatic carbocycles. The van der Waals surface area contributed by atoms with Crippen LogP contribution >= 0.6 is 12.2 Å². The van der Waals surface area contributed by atoms with Gasteiger partial charge in [-0.05, 0) is 36.0 Å². The number of nitrogens with zero attached hydrogens (tertiary/aromatic N) is 4. The number of aromatic nitrogens is 1. The molecule has 0 unspecified atom stereocenters. The number of nitrogens with one attached hydrogen (secondary N) is 1. The SMILES string of the molecule is NC(=S)NN=Cc1cc(F)c(N2CCN(Cc3ccncc3)CC2)cc1F. The molecule has 1 aliphatic rings. The molecule has 0 atom stereocenters. The van der Waals surface area contributed by atoms with Crippen molar-refractivity contribution in [1.29, 1.82) is 0 Å². The lowest BCUT2D eigenvalue weighted by Gasteiger charge is -2.36. The maximum Gasteiger partial charge on any atom is 0.184 e. The molecule has 3 rings (SSSR count). The summed E-state index contributed by atoms with van der Waals surface area (Å²) in [7, 11) is 0. The summed E-state index contributed by atoms with van der Waals surface area (Å²) in [6, 6.07) is 6.29. The molecule has 1 aliphatic heterocycles. The van der Waals surface area contributed by atoms with E-state index < -0.39 is 11.6 Å². The predicted molar refractivity (Wildman–Crippen MR) is 106 cm³/mol. The Morgan fingerprint density at radius 1 is 1.19 bits per heavy atom. The van der Waals surface area contributed by atoms with Gasteiger partial charge in [-0.25, -0.2) is 8.78 Å². The minimum Gasteiger partial charge on any atom is -0.375 e. The number of nitrogens with two attached hydrogens (primary N) is 1. The molecule has 27 heavy (non-hydrogen) atoms. The van der Waals surface area contributed by atoms with E-state index in [1.165, 1.54) is 11.6 Å². The molecular weight excluding hydrogens is 370 g/mol.